The number of unbranched alkanes of at least 4 members (excludes halogenated alkanes) is 7. The van der Waals surface area contributed by atoms with Crippen LogP contribution in [0.25, 0.3) is 0 Å². The van der Waals surface area contributed by atoms with Crippen LogP contribution >= 0.6 is 7.82 Å². The van der Waals surface area contributed by atoms with E-state index < -0.39 is 32.5 Å². The van der Waals surface area contributed by atoms with Gasteiger partial charge in [0.05, 0.1) is 34.2 Å². The van der Waals surface area contributed by atoms with Crippen molar-refractivity contribution in [1.29, 1.82) is 0 Å². The number of phosphoric acid groups is 1. The highest BCUT2D eigenvalue weighted by molar-refractivity contribution is 7.45. The van der Waals surface area contributed by atoms with Crippen LogP contribution in [0.5, 0.6) is 0 Å². The molecule has 2 unspecified atom stereocenters. The molecule has 10 heteroatoms. The highest BCUT2D eigenvalue weighted by Crippen LogP contribution is 2.38. The molecule has 0 amide bonds. The lowest BCUT2D eigenvalue weighted by molar-refractivity contribution is -0.870. The van der Waals surface area contributed by atoms with Crippen LogP contribution in [0, 0.1) is 0 Å². The number of hydrogen-bond acceptors (Lipinski definition) is 8. The lowest BCUT2D eigenvalue weighted by Gasteiger charge is -2.28. The van der Waals surface area contributed by atoms with E-state index in [1.807, 2.05) is 33.3 Å². The van der Waals surface area contributed by atoms with Gasteiger partial charge in [0.1, 0.15) is 19.8 Å². The number of rotatable bonds is 36. The second-order valence-corrected chi connectivity index (χ2v) is 16.0. The first kappa shape index (κ1) is 52.9. The van der Waals surface area contributed by atoms with Crippen molar-refractivity contribution in [3.8, 4) is 0 Å². The first-order chi connectivity index (χ1) is 27.0. The SMILES string of the molecule is CC/C=C\C/C=C\C/C=C\C/C=C\C/C=C\CC(=O)OC(COC(=O)CCCCCCCCC/C=C\C/C=C\C/C=C\CC)COP(=O)([O-])OCC[N+](C)(C)C. The van der Waals surface area contributed by atoms with Gasteiger partial charge in [-0.25, -0.2) is 0 Å². The number of nitrogens with zero attached hydrogens (tertiary/aromatic N) is 1. The third-order valence-corrected chi connectivity index (χ3v) is 9.10. The van der Waals surface area contributed by atoms with Crippen LogP contribution in [0.15, 0.2) is 97.2 Å². The average Bonchev–Trinajstić information content (AvgIpc) is 3.15. The summed E-state index contributed by atoms with van der Waals surface area (Å²) in [5, 5.41) is 0. The summed E-state index contributed by atoms with van der Waals surface area (Å²) < 4.78 is 33.7. The number of hydrogen-bond donors (Lipinski definition) is 0. The Bertz CT molecular complexity index is 1270. The summed E-state index contributed by atoms with van der Waals surface area (Å²) >= 11 is 0. The number of carbonyl (C=O) groups excluding carboxylic acids is 2. The Morgan fingerprint density at radius 2 is 1.02 bits per heavy atom. The number of esters is 2. The molecule has 2 atom stereocenters. The second kappa shape index (κ2) is 37.5. The quantitative estimate of drug-likeness (QED) is 0.0202. The van der Waals surface area contributed by atoms with Gasteiger partial charge >= 0.3 is 11.9 Å². The summed E-state index contributed by atoms with van der Waals surface area (Å²) in [6, 6.07) is 0. The highest BCUT2D eigenvalue weighted by atomic mass is 31.2. The molecule has 56 heavy (non-hydrogen) atoms. The first-order valence-electron chi connectivity index (χ1n) is 20.9. The fourth-order valence-corrected chi connectivity index (χ4v) is 5.65. The Hall–Kier alpha value is -3.07. The fourth-order valence-electron chi connectivity index (χ4n) is 4.92. The fraction of sp³-hybridized carbons (Fsp3) is 0.609. The van der Waals surface area contributed by atoms with Gasteiger partial charge in [-0.15, -0.1) is 0 Å². The molecule has 0 aliphatic heterocycles. The van der Waals surface area contributed by atoms with Gasteiger partial charge in [0.15, 0.2) is 6.10 Å². The smallest absolute Gasteiger partial charge is 0.310 e. The van der Waals surface area contributed by atoms with Crippen LogP contribution in [0.1, 0.15) is 129 Å². The third-order valence-electron chi connectivity index (χ3n) is 8.13. The van der Waals surface area contributed by atoms with Gasteiger partial charge in [-0.3, -0.25) is 14.2 Å². The second-order valence-electron chi connectivity index (χ2n) is 14.6. The molecule has 0 rings (SSSR count). The largest absolute Gasteiger partial charge is 0.756 e. The van der Waals surface area contributed by atoms with Crippen LogP contribution in [0.2, 0.25) is 0 Å². The van der Waals surface area contributed by atoms with Crippen molar-refractivity contribution in [1.82, 2.24) is 0 Å². The monoisotopic (exact) mass is 802 g/mol. The molecule has 0 heterocycles. The van der Waals surface area contributed by atoms with Crippen molar-refractivity contribution in [3.63, 3.8) is 0 Å². The summed E-state index contributed by atoms with van der Waals surface area (Å²) in [5.74, 6) is -1.01. The van der Waals surface area contributed by atoms with Crippen molar-refractivity contribution in [2.75, 3.05) is 47.5 Å². The van der Waals surface area contributed by atoms with Gasteiger partial charge in [-0.2, -0.15) is 0 Å². The molecule has 0 aliphatic rings. The summed E-state index contributed by atoms with van der Waals surface area (Å²) in [4.78, 5) is 37.4. The van der Waals surface area contributed by atoms with Gasteiger partial charge in [-0.1, -0.05) is 143 Å². The summed E-state index contributed by atoms with van der Waals surface area (Å²) in [6.45, 7) is 3.84. The molecule has 318 valence electrons. The van der Waals surface area contributed by atoms with E-state index >= 15 is 0 Å². The average molecular weight is 802 g/mol. The number of allylic oxidation sites excluding steroid dienone is 15. The van der Waals surface area contributed by atoms with E-state index in [0.29, 0.717) is 23.9 Å². The van der Waals surface area contributed by atoms with Crippen LogP contribution in [0.4, 0.5) is 0 Å². The van der Waals surface area contributed by atoms with Crippen LogP contribution < -0.4 is 4.89 Å². The van der Waals surface area contributed by atoms with Crippen LogP contribution in [-0.2, 0) is 32.7 Å². The molecule has 0 saturated carbocycles. The number of quaternary nitrogens is 1. The Kier molecular flexibility index (Phi) is 35.4. The third kappa shape index (κ3) is 40.6. The predicted molar refractivity (Wildman–Crippen MR) is 231 cm³/mol. The lowest BCUT2D eigenvalue weighted by atomic mass is 10.1. The lowest BCUT2D eigenvalue weighted by Crippen LogP contribution is -2.37. The predicted octanol–water partition coefficient (Wildman–Crippen LogP) is 11.2. The minimum absolute atomic E-state index is 0.0152. The van der Waals surface area contributed by atoms with E-state index in [-0.39, 0.29) is 26.1 Å². The normalized spacial score (nSPS) is 14.6. The van der Waals surface area contributed by atoms with Crippen LogP contribution in [0.3, 0.4) is 0 Å². The summed E-state index contributed by atoms with van der Waals surface area (Å²) in [5.41, 5.74) is 0. The Balaban J connectivity index is 4.54. The van der Waals surface area contributed by atoms with Crippen molar-refractivity contribution in [3.05, 3.63) is 97.2 Å². The molecule has 0 saturated heterocycles. The molecular formula is C46H76NO8P. The van der Waals surface area contributed by atoms with Gasteiger partial charge in [0, 0.05) is 6.42 Å². The van der Waals surface area contributed by atoms with E-state index in [1.54, 1.807) is 6.08 Å². The Morgan fingerprint density at radius 3 is 1.52 bits per heavy atom. The summed E-state index contributed by atoms with van der Waals surface area (Å²) in [7, 11) is 1.08. The Labute approximate surface area is 341 Å². The molecule has 0 bridgehead atoms. The molecule has 0 fully saturated rings. The minimum Gasteiger partial charge on any atom is -0.756 e. The maximum atomic E-state index is 12.6. The van der Waals surface area contributed by atoms with E-state index in [9.17, 15) is 19.0 Å². The van der Waals surface area contributed by atoms with E-state index in [2.05, 4.69) is 92.8 Å². The first-order valence-corrected chi connectivity index (χ1v) is 22.4. The molecule has 0 aliphatic carbocycles. The maximum Gasteiger partial charge on any atom is 0.310 e. The van der Waals surface area contributed by atoms with E-state index in [0.717, 1.165) is 70.6 Å². The molecule has 0 N–H and O–H groups in total. The van der Waals surface area contributed by atoms with Crippen molar-refractivity contribution < 1.29 is 42.1 Å². The molecule has 0 spiro atoms. The number of likely N-dealkylation sites (N-methyl/N-ethyl adjacent to an activating group) is 1. The number of ether oxygens (including phenoxy) is 2. The minimum atomic E-state index is -4.66. The van der Waals surface area contributed by atoms with Crippen molar-refractivity contribution in [2.24, 2.45) is 0 Å². The van der Waals surface area contributed by atoms with E-state index in [4.69, 9.17) is 18.5 Å². The standard InChI is InChI=1S/C46H76NO8P/c1-6-8-10-12-14-16-18-20-22-23-25-26-28-30-32-34-36-38-45(48)52-42-44(43-54-56(50,51)53-41-40-47(3,4)5)55-46(49)39-37-35-33-31-29-27-24-21-19-17-15-13-11-9-7-2/h8-11,14-17,20-22,24,29,31,35,37,44H,6-7,12-13,18-19,23,25-28,30,32-34,36,38-43H2,1-5H3/b10-8-,11-9-,16-14-,17-15-,22-20-,24-21-,31-29-,37-35-. The zero-order valence-electron chi connectivity index (χ0n) is 35.5. The van der Waals surface area contributed by atoms with Crippen LogP contribution in [-0.4, -0.2) is 70.0 Å². The van der Waals surface area contributed by atoms with Gasteiger partial charge in [0.25, 0.3) is 7.82 Å². The molecule has 0 aromatic carbocycles. The number of carbonyl (C=O) groups is 2. The van der Waals surface area contributed by atoms with Gasteiger partial charge in [0.2, 0.25) is 0 Å². The topological polar surface area (TPSA) is 111 Å². The number of phosphoric ester groups is 1. The van der Waals surface area contributed by atoms with Gasteiger partial charge < -0.3 is 27.9 Å². The maximum absolute atomic E-state index is 12.6. The van der Waals surface area contributed by atoms with Crippen molar-refractivity contribution in [2.45, 2.75) is 136 Å². The molecular weight excluding hydrogens is 725 g/mol. The molecule has 0 radical (unpaired) electrons. The molecule has 0 aromatic rings. The summed E-state index contributed by atoms with van der Waals surface area (Å²) in [6.07, 6.45) is 48.9. The molecule has 9 nitrogen and oxygen atoms in total. The Morgan fingerprint density at radius 1 is 0.571 bits per heavy atom. The highest BCUT2D eigenvalue weighted by Gasteiger charge is 2.21. The van der Waals surface area contributed by atoms with E-state index in [1.165, 1.54) is 19.3 Å². The zero-order valence-corrected chi connectivity index (χ0v) is 36.4. The zero-order chi connectivity index (χ0) is 41.4. The van der Waals surface area contributed by atoms with Crippen molar-refractivity contribution >= 4 is 19.8 Å². The van der Waals surface area contributed by atoms with Gasteiger partial charge in [-0.05, 0) is 70.6 Å². The molecule has 0 aromatic heterocycles.